The van der Waals surface area contributed by atoms with E-state index in [9.17, 15) is 14.4 Å². The molecule has 6 heteroatoms. The van der Waals surface area contributed by atoms with Gasteiger partial charge in [0.2, 0.25) is 17.7 Å². The number of carbonyl (C=O) groups excluding carboxylic acids is 3. The zero-order chi connectivity index (χ0) is 15.7. The van der Waals surface area contributed by atoms with Gasteiger partial charge in [0.05, 0.1) is 11.8 Å². The van der Waals surface area contributed by atoms with Crippen molar-refractivity contribution in [3.63, 3.8) is 0 Å². The Kier molecular flexibility index (Phi) is 3.98. The maximum atomic E-state index is 12.3. The summed E-state index contributed by atoms with van der Waals surface area (Å²) in [7, 11) is 0. The summed E-state index contributed by atoms with van der Waals surface area (Å²) in [6, 6.07) is 6.64. The number of amides is 3. The van der Waals surface area contributed by atoms with Crippen molar-refractivity contribution in [1.82, 2.24) is 4.90 Å². The highest BCUT2D eigenvalue weighted by atomic mass is 35.5. The fraction of sp³-hybridized carbons (Fsp3) is 0.312. The van der Waals surface area contributed by atoms with Gasteiger partial charge in [0, 0.05) is 10.7 Å². The number of fused-ring (bicyclic) bond motifs is 1. The first kappa shape index (κ1) is 14.8. The Morgan fingerprint density at radius 1 is 1.09 bits per heavy atom. The van der Waals surface area contributed by atoms with Crippen molar-refractivity contribution in [2.75, 3.05) is 11.9 Å². The van der Waals surface area contributed by atoms with Crippen LogP contribution in [0.1, 0.15) is 12.8 Å². The SMILES string of the molecule is O=C(CN1C(=O)C2CC=CCC2C1=O)Nc1ccc(Cl)cc1. The first-order chi connectivity index (χ1) is 10.6. The highest BCUT2D eigenvalue weighted by Crippen LogP contribution is 2.34. The molecule has 2 unspecified atom stereocenters. The number of hydrogen-bond acceptors (Lipinski definition) is 3. The molecule has 1 aliphatic heterocycles. The molecule has 0 radical (unpaired) electrons. The van der Waals surface area contributed by atoms with Gasteiger partial charge in [0.15, 0.2) is 0 Å². The largest absolute Gasteiger partial charge is 0.325 e. The molecule has 1 saturated heterocycles. The number of anilines is 1. The molecule has 3 amide bonds. The molecule has 3 rings (SSSR count). The summed E-state index contributed by atoms with van der Waals surface area (Å²) in [4.78, 5) is 37.6. The molecule has 0 spiro atoms. The molecule has 1 N–H and O–H groups in total. The van der Waals surface area contributed by atoms with Crippen LogP contribution in [0, 0.1) is 11.8 Å². The minimum atomic E-state index is -0.393. The molecule has 22 heavy (non-hydrogen) atoms. The Bertz CT molecular complexity index is 628. The number of nitrogens with one attached hydrogen (secondary N) is 1. The van der Waals surface area contributed by atoms with Gasteiger partial charge >= 0.3 is 0 Å². The molecular weight excluding hydrogens is 304 g/mol. The molecule has 1 aromatic rings. The van der Waals surface area contributed by atoms with E-state index in [4.69, 9.17) is 11.6 Å². The molecule has 1 heterocycles. The van der Waals surface area contributed by atoms with Gasteiger partial charge in [-0.05, 0) is 37.1 Å². The van der Waals surface area contributed by atoms with Crippen LogP contribution in [-0.4, -0.2) is 29.2 Å². The summed E-state index contributed by atoms with van der Waals surface area (Å²) in [6.07, 6.45) is 4.99. The lowest BCUT2D eigenvalue weighted by Crippen LogP contribution is -2.38. The van der Waals surface area contributed by atoms with Crippen LogP contribution in [0.3, 0.4) is 0 Å². The molecule has 1 aliphatic carbocycles. The van der Waals surface area contributed by atoms with Crippen molar-refractivity contribution < 1.29 is 14.4 Å². The van der Waals surface area contributed by atoms with Gasteiger partial charge in [-0.1, -0.05) is 23.8 Å². The van der Waals surface area contributed by atoms with Crippen LogP contribution in [-0.2, 0) is 14.4 Å². The van der Waals surface area contributed by atoms with Crippen molar-refractivity contribution in [3.05, 3.63) is 41.4 Å². The van der Waals surface area contributed by atoms with E-state index in [0.29, 0.717) is 23.6 Å². The first-order valence-electron chi connectivity index (χ1n) is 7.12. The summed E-state index contributed by atoms with van der Waals surface area (Å²) in [6.45, 7) is -0.243. The lowest BCUT2D eigenvalue weighted by Gasteiger charge is -2.14. The lowest BCUT2D eigenvalue weighted by atomic mass is 9.85. The second-order valence-corrected chi connectivity index (χ2v) is 5.91. The van der Waals surface area contributed by atoms with E-state index >= 15 is 0 Å². The van der Waals surface area contributed by atoms with Crippen molar-refractivity contribution in [3.8, 4) is 0 Å². The minimum Gasteiger partial charge on any atom is -0.325 e. The Hall–Kier alpha value is -2.14. The van der Waals surface area contributed by atoms with Gasteiger partial charge in [-0.2, -0.15) is 0 Å². The van der Waals surface area contributed by atoms with Crippen molar-refractivity contribution in [1.29, 1.82) is 0 Å². The third-order valence-corrected chi connectivity index (χ3v) is 4.28. The highest BCUT2D eigenvalue weighted by molar-refractivity contribution is 6.30. The fourth-order valence-corrected chi connectivity index (χ4v) is 3.03. The average molecular weight is 319 g/mol. The van der Waals surface area contributed by atoms with Crippen LogP contribution in [0.15, 0.2) is 36.4 Å². The van der Waals surface area contributed by atoms with Crippen LogP contribution in [0.5, 0.6) is 0 Å². The number of hydrogen-bond donors (Lipinski definition) is 1. The van der Waals surface area contributed by atoms with Crippen LogP contribution >= 0.6 is 11.6 Å². The number of rotatable bonds is 3. The van der Waals surface area contributed by atoms with Crippen LogP contribution in [0.2, 0.25) is 5.02 Å². The molecular formula is C16H15ClN2O3. The van der Waals surface area contributed by atoms with Crippen molar-refractivity contribution >= 4 is 35.0 Å². The quantitative estimate of drug-likeness (QED) is 0.686. The number of allylic oxidation sites excluding steroid dienone is 2. The second kappa shape index (κ2) is 5.93. The van der Waals surface area contributed by atoms with Gasteiger partial charge in [-0.25, -0.2) is 0 Å². The number of imide groups is 1. The summed E-state index contributed by atoms with van der Waals surface area (Å²) in [5.74, 6) is -1.49. The topological polar surface area (TPSA) is 66.5 Å². The zero-order valence-electron chi connectivity index (χ0n) is 11.8. The maximum Gasteiger partial charge on any atom is 0.244 e. The third kappa shape index (κ3) is 2.76. The lowest BCUT2D eigenvalue weighted by molar-refractivity contribution is -0.142. The Morgan fingerprint density at radius 2 is 1.64 bits per heavy atom. The van der Waals surface area contributed by atoms with Crippen molar-refractivity contribution in [2.45, 2.75) is 12.8 Å². The standard InChI is InChI=1S/C16H15ClN2O3/c17-10-5-7-11(8-6-10)18-14(20)9-19-15(21)12-3-1-2-4-13(12)16(19)22/h1-2,5-8,12-13H,3-4,9H2,(H,18,20). The molecule has 0 aromatic heterocycles. The molecule has 5 nitrogen and oxygen atoms in total. The molecule has 2 aliphatic rings. The predicted octanol–water partition coefficient (Wildman–Crippen LogP) is 2.23. The van der Waals surface area contributed by atoms with Crippen LogP contribution in [0.25, 0.3) is 0 Å². The number of benzene rings is 1. The highest BCUT2D eigenvalue weighted by Gasteiger charge is 2.47. The Morgan fingerprint density at radius 3 is 2.18 bits per heavy atom. The normalized spacial score (nSPS) is 23.6. The van der Waals surface area contributed by atoms with Crippen LogP contribution < -0.4 is 5.32 Å². The minimum absolute atomic E-state index is 0.243. The summed E-state index contributed by atoms with van der Waals surface area (Å²) < 4.78 is 0. The van der Waals surface area contributed by atoms with Crippen molar-refractivity contribution in [2.24, 2.45) is 11.8 Å². The average Bonchev–Trinajstić information content (AvgIpc) is 2.75. The zero-order valence-corrected chi connectivity index (χ0v) is 12.5. The maximum absolute atomic E-state index is 12.3. The van der Waals surface area contributed by atoms with E-state index in [1.54, 1.807) is 24.3 Å². The number of halogens is 1. The van der Waals surface area contributed by atoms with Gasteiger partial charge in [0.25, 0.3) is 0 Å². The monoisotopic (exact) mass is 318 g/mol. The van der Waals surface area contributed by atoms with E-state index in [1.807, 2.05) is 12.2 Å². The van der Waals surface area contributed by atoms with E-state index < -0.39 is 5.91 Å². The molecule has 2 atom stereocenters. The first-order valence-corrected chi connectivity index (χ1v) is 7.49. The predicted molar refractivity (Wildman–Crippen MR) is 82.2 cm³/mol. The third-order valence-electron chi connectivity index (χ3n) is 4.03. The molecule has 0 bridgehead atoms. The molecule has 114 valence electrons. The molecule has 0 saturated carbocycles. The van der Waals surface area contributed by atoms with E-state index in [0.717, 1.165) is 4.90 Å². The summed E-state index contributed by atoms with van der Waals surface area (Å²) >= 11 is 5.78. The van der Waals surface area contributed by atoms with E-state index in [1.165, 1.54) is 0 Å². The summed E-state index contributed by atoms with van der Waals surface area (Å²) in [5.41, 5.74) is 0.576. The number of carbonyl (C=O) groups is 3. The molecule has 1 fully saturated rings. The van der Waals surface area contributed by atoms with Gasteiger partial charge in [-0.3, -0.25) is 19.3 Å². The van der Waals surface area contributed by atoms with E-state index in [2.05, 4.69) is 5.32 Å². The summed E-state index contributed by atoms with van der Waals surface area (Å²) in [5, 5.41) is 3.23. The Balaban J connectivity index is 1.65. The Labute approximate surface area is 132 Å². The van der Waals surface area contributed by atoms with Gasteiger partial charge in [-0.15, -0.1) is 0 Å². The smallest absolute Gasteiger partial charge is 0.244 e. The fourth-order valence-electron chi connectivity index (χ4n) is 2.90. The van der Waals surface area contributed by atoms with Gasteiger partial charge in [0.1, 0.15) is 6.54 Å². The number of likely N-dealkylation sites (tertiary alicyclic amines) is 1. The van der Waals surface area contributed by atoms with E-state index in [-0.39, 0.29) is 30.2 Å². The second-order valence-electron chi connectivity index (χ2n) is 5.47. The number of nitrogens with zero attached hydrogens (tertiary/aromatic N) is 1. The van der Waals surface area contributed by atoms with Gasteiger partial charge < -0.3 is 5.32 Å². The van der Waals surface area contributed by atoms with Crippen LogP contribution in [0.4, 0.5) is 5.69 Å². The molecule has 1 aromatic carbocycles.